The Hall–Kier alpha value is -2.41. The first-order valence-electron chi connectivity index (χ1n) is 6.20. The number of nitrogens with one attached hydrogen (secondary N) is 1. The minimum atomic E-state index is -1.32. The molecule has 0 bridgehead atoms. The van der Waals surface area contributed by atoms with Gasteiger partial charge < -0.3 is 16.2 Å². The van der Waals surface area contributed by atoms with Crippen molar-refractivity contribution in [2.24, 2.45) is 5.73 Å². The summed E-state index contributed by atoms with van der Waals surface area (Å²) in [5.41, 5.74) is 5.77. The van der Waals surface area contributed by atoms with Gasteiger partial charge in [0.2, 0.25) is 5.91 Å². The van der Waals surface area contributed by atoms with E-state index in [4.69, 9.17) is 10.8 Å². The number of aliphatic carboxylic acids is 1. The number of hydrogen-bond acceptors (Lipinski definition) is 4. The minimum Gasteiger partial charge on any atom is -0.480 e. The molecule has 1 aromatic carbocycles. The van der Waals surface area contributed by atoms with Crippen LogP contribution in [0.15, 0.2) is 24.3 Å². The predicted molar refractivity (Wildman–Crippen MR) is 79.3 cm³/mol. The van der Waals surface area contributed by atoms with Crippen molar-refractivity contribution in [1.29, 1.82) is 0 Å². The molecular weight excluding hydrogens is 292 g/mol. The van der Waals surface area contributed by atoms with E-state index in [1.807, 2.05) is 24.3 Å². The maximum Gasteiger partial charge on any atom is 0.326 e. The summed E-state index contributed by atoms with van der Waals surface area (Å²) in [7, 11) is 0. The Morgan fingerprint density at radius 3 is 2.57 bits per heavy atom. The van der Waals surface area contributed by atoms with Crippen molar-refractivity contribution in [2.75, 3.05) is 0 Å². The van der Waals surface area contributed by atoms with Crippen molar-refractivity contribution < 1.29 is 19.5 Å². The van der Waals surface area contributed by atoms with Gasteiger partial charge in [-0.3, -0.25) is 9.59 Å². The molecule has 0 saturated carbocycles. The SMILES string of the molecule is Cc1c(C(=O)N[C@@H](CC(N)=O)C(=O)O)sc2ccccc12. The molecule has 4 N–H and O–H groups in total. The maximum absolute atomic E-state index is 12.2. The molecule has 7 heteroatoms. The number of rotatable bonds is 5. The number of thiophene rings is 1. The number of amides is 2. The molecule has 0 fully saturated rings. The van der Waals surface area contributed by atoms with Crippen LogP contribution < -0.4 is 11.1 Å². The fourth-order valence-electron chi connectivity index (χ4n) is 2.02. The number of aryl methyl sites for hydroxylation is 1. The first-order valence-corrected chi connectivity index (χ1v) is 7.02. The molecule has 1 aromatic heterocycles. The number of nitrogens with two attached hydrogens (primary N) is 1. The van der Waals surface area contributed by atoms with Crippen LogP contribution in [-0.4, -0.2) is 28.9 Å². The second-order valence-electron chi connectivity index (χ2n) is 4.59. The van der Waals surface area contributed by atoms with Crippen LogP contribution in [0.5, 0.6) is 0 Å². The van der Waals surface area contributed by atoms with Crippen LogP contribution in [0.2, 0.25) is 0 Å². The van der Waals surface area contributed by atoms with E-state index in [2.05, 4.69) is 5.32 Å². The third-order valence-electron chi connectivity index (χ3n) is 3.06. The van der Waals surface area contributed by atoms with Gasteiger partial charge in [-0.25, -0.2) is 4.79 Å². The maximum atomic E-state index is 12.2. The van der Waals surface area contributed by atoms with Gasteiger partial charge in [-0.15, -0.1) is 11.3 Å². The molecule has 0 aliphatic heterocycles. The average molecular weight is 306 g/mol. The van der Waals surface area contributed by atoms with Crippen molar-refractivity contribution in [3.8, 4) is 0 Å². The second kappa shape index (κ2) is 5.92. The summed E-state index contributed by atoms with van der Waals surface area (Å²) >= 11 is 1.28. The Bertz CT molecular complexity index is 723. The third-order valence-corrected chi connectivity index (χ3v) is 4.33. The van der Waals surface area contributed by atoms with Gasteiger partial charge in [-0.2, -0.15) is 0 Å². The number of carboxylic acid groups (broad SMARTS) is 1. The van der Waals surface area contributed by atoms with E-state index in [9.17, 15) is 14.4 Å². The zero-order chi connectivity index (χ0) is 15.6. The molecule has 0 radical (unpaired) electrons. The van der Waals surface area contributed by atoms with Crippen LogP contribution in [0.25, 0.3) is 10.1 Å². The van der Waals surface area contributed by atoms with E-state index in [0.717, 1.165) is 15.6 Å². The smallest absolute Gasteiger partial charge is 0.326 e. The van der Waals surface area contributed by atoms with Gasteiger partial charge in [0.25, 0.3) is 5.91 Å². The lowest BCUT2D eigenvalue weighted by molar-refractivity contribution is -0.140. The summed E-state index contributed by atoms with van der Waals surface area (Å²) in [6.45, 7) is 1.80. The molecule has 6 nitrogen and oxygen atoms in total. The van der Waals surface area contributed by atoms with Crippen LogP contribution in [0.4, 0.5) is 0 Å². The van der Waals surface area contributed by atoms with Crippen molar-refractivity contribution in [3.63, 3.8) is 0 Å². The van der Waals surface area contributed by atoms with E-state index in [-0.39, 0.29) is 0 Å². The van der Waals surface area contributed by atoms with Gasteiger partial charge in [-0.05, 0) is 23.9 Å². The van der Waals surface area contributed by atoms with Crippen LogP contribution in [0.3, 0.4) is 0 Å². The topological polar surface area (TPSA) is 109 Å². The molecular formula is C14H14N2O4S. The largest absolute Gasteiger partial charge is 0.480 e. The zero-order valence-electron chi connectivity index (χ0n) is 11.3. The number of carbonyl (C=O) groups is 3. The van der Waals surface area contributed by atoms with Crippen molar-refractivity contribution in [3.05, 3.63) is 34.7 Å². The standard InChI is InChI=1S/C14H14N2O4S/c1-7-8-4-2-3-5-10(8)21-12(7)13(18)16-9(14(19)20)6-11(15)17/h2-5,9H,6H2,1H3,(H2,15,17)(H,16,18)(H,19,20)/t9-/m0/s1. The molecule has 2 aromatic rings. The molecule has 21 heavy (non-hydrogen) atoms. The monoisotopic (exact) mass is 306 g/mol. The van der Waals surface area contributed by atoms with Crippen molar-refractivity contribution in [2.45, 2.75) is 19.4 Å². The van der Waals surface area contributed by atoms with Gasteiger partial charge in [0, 0.05) is 4.70 Å². The third kappa shape index (κ3) is 3.19. The van der Waals surface area contributed by atoms with Gasteiger partial charge in [-0.1, -0.05) is 18.2 Å². The van der Waals surface area contributed by atoms with Crippen molar-refractivity contribution in [1.82, 2.24) is 5.32 Å². The van der Waals surface area contributed by atoms with Gasteiger partial charge in [0.15, 0.2) is 0 Å². The summed E-state index contributed by atoms with van der Waals surface area (Å²) in [6, 6.07) is 6.21. The minimum absolute atomic E-state index is 0.437. The molecule has 110 valence electrons. The quantitative estimate of drug-likeness (QED) is 0.772. The first kappa shape index (κ1) is 15.0. The van der Waals surface area contributed by atoms with E-state index < -0.39 is 30.2 Å². The fraction of sp³-hybridized carbons (Fsp3) is 0.214. The highest BCUT2D eigenvalue weighted by Crippen LogP contribution is 2.30. The van der Waals surface area contributed by atoms with Crippen LogP contribution in [-0.2, 0) is 9.59 Å². The Kier molecular flexibility index (Phi) is 4.23. The zero-order valence-corrected chi connectivity index (χ0v) is 12.1. The number of hydrogen-bond donors (Lipinski definition) is 3. The highest BCUT2D eigenvalue weighted by Gasteiger charge is 2.24. The van der Waals surface area contributed by atoms with Gasteiger partial charge >= 0.3 is 5.97 Å². The molecule has 2 rings (SSSR count). The molecule has 0 spiro atoms. The lowest BCUT2D eigenvalue weighted by Gasteiger charge is -2.12. The normalized spacial score (nSPS) is 12.0. The lowest BCUT2D eigenvalue weighted by Crippen LogP contribution is -2.43. The van der Waals surface area contributed by atoms with Gasteiger partial charge in [0.05, 0.1) is 11.3 Å². The van der Waals surface area contributed by atoms with E-state index in [1.54, 1.807) is 6.92 Å². The average Bonchev–Trinajstić information content (AvgIpc) is 2.75. The number of benzene rings is 1. The Morgan fingerprint density at radius 1 is 1.33 bits per heavy atom. The van der Waals surface area contributed by atoms with E-state index >= 15 is 0 Å². The van der Waals surface area contributed by atoms with Crippen LogP contribution in [0.1, 0.15) is 21.7 Å². The Balaban J connectivity index is 2.27. The highest BCUT2D eigenvalue weighted by molar-refractivity contribution is 7.21. The summed E-state index contributed by atoms with van der Waals surface area (Å²) in [5.74, 6) is -2.58. The van der Waals surface area contributed by atoms with E-state index in [0.29, 0.717) is 4.88 Å². The van der Waals surface area contributed by atoms with Crippen molar-refractivity contribution >= 4 is 39.2 Å². The summed E-state index contributed by atoms with van der Waals surface area (Å²) in [4.78, 5) is 34.5. The lowest BCUT2D eigenvalue weighted by atomic mass is 10.1. The molecule has 1 atom stereocenters. The summed E-state index contributed by atoms with van der Waals surface area (Å²) in [5, 5.41) is 12.3. The van der Waals surface area contributed by atoms with Gasteiger partial charge in [0.1, 0.15) is 6.04 Å². The summed E-state index contributed by atoms with van der Waals surface area (Å²) < 4.78 is 0.946. The summed E-state index contributed by atoms with van der Waals surface area (Å²) in [6.07, 6.45) is -0.439. The highest BCUT2D eigenvalue weighted by atomic mass is 32.1. The molecule has 2 amide bonds. The van der Waals surface area contributed by atoms with E-state index in [1.165, 1.54) is 11.3 Å². The first-order chi connectivity index (χ1) is 9.90. The second-order valence-corrected chi connectivity index (χ2v) is 5.64. The van der Waals surface area contributed by atoms with Crippen LogP contribution in [0, 0.1) is 6.92 Å². The van der Waals surface area contributed by atoms with Crippen LogP contribution >= 0.6 is 11.3 Å². The number of primary amides is 1. The number of carbonyl (C=O) groups excluding carboxylic acids is 2. The Morgan fingerprint density at radius 2 is 2.00 bits per heavy atom. The Labute approximate surface area is 124 Å². The molecule has 1 heterocycles. The number of carboxylic acids is 1. The number of fused-ring (bicyclic) bond motifs is 1. The molecule has 0 aliphatic carbocycles. The molecule has 0 unspecified atom stereocenters. The molecule has 0 aliphatic rings. The predicted octanol–water partition coefficient (Wildman–Crippen LogP) is 1.27. The fourth-order valence-corrected chi connectivity index (χ4v) is 3.13. The molecule has 0 saturated heterocycles.